The Balaban J connectivity index is 2.39. The van der Waals surface area contributed by atoms with Gasteiger partial charge in [0.1, 0.15) is 0 Å². The van der Waals surface area contributed by atoms with Crippen molar-refractivity contribution < 1.29 is 9.84 Å². The molecule has 2 atom stereocenters. The maximum absolute atomic E-state index is 8.87. The molecule has 1 rings (SSSR count). The van der Waals surface area contributed by atoms with Crippen LogP contribution in [-0.2, 0) is 4.74 Å². The quantitative estimate of drug-likeness (QED) is 0.614. The Morgan fingerprint density at radius 1 is 1.45 bits per heavy atom. The molecule has 0 spiro atoms. The number of aliphatic hydroxyl groups excluding tert-OH is 1. The van der Waals surface area contributed by atoms with Gasteiger partial charge in [0.25, 0.3) is 0 Å². The van der Waals surface area contributed by atoms with E-state index in [4.69, 9.17) is 9.84 Å². The first-order valence-electron chi connectivity index (χ1n) is 4.25. The van der Waals surface area contributed by atoms with Crippen LogP contribution in [0.25, 0.3) is 0 Å². The van der Waals surface area contributed by atoms with E-state index in [1.54, 1.807) is 0 Å². The minimum Gasteiger partial charge on any atom is -0.394 e. The molecule has 11 heavy (non-hydrogen) atoms. The Labute approximate surface area is 67.9 Å². The standard InChI is InChI=1S/C9H16O2/c1-2-8-5-3-4-6-9(7-10)11-8/h2,8-10H,1,3-7H2. The van der Waals surface area contributed by atoms with E-state index in [2.05, 4.69) is 6.58 Å². The van der Waals surface area contributed by atoms with Gasteiger partial charge in [0.05, 0.1) is 18.8 Å². The predicted octanol–water partition coefficient (Wildman–Crippen LogP) is 1.49. The molecule has 2 heteroatoms. The summed E-state index contributed by atoms with van der Waals surface area (Å²) in [5.41, 5.74) is 0. The molecule has 0 aliphatic carbocycles. The van der Waals surface area contributed by atoms with Gasteiger partial charge in [0, 0.05) is 0 Å². The molecule has 0 aromatic rings. The van der Waals surface area contributed by atoms with Crippen LogP contribution in [0.3, 0.4) is 0 Å². The lowest BCUT2D eigenvalue weighted by atomic mass is 10.1. The van der Waals surface area contributed by atoms with Gasteiger partial charge in [-0.05, 0) is 12.8 Å². The molecule has 64 valence electrons. The minimum absolute atomic E-state index is 0.0421. The molecule has 0 saturated carbocycles. The first-order valence-corrected chi connectivity index (χ1v) is 4.25. The Morgan fingerprint density at radius 2 is 2.18 bits per heavy atom. The summed E-state index contributed by atoms with van der Waals surface area (Å²) in [4.78, 5) is 0. The fourth-order valence-corrected chi connectivity index (χ4v) is 1.41. The summed E-state index contributed by atoms with van der Waals surface area (Å²) in [5.74, 6) is 0. The van der Waals surface area contributed by atoms with Gasteiger partial charge in [-0.25, -0.2) is 0 Å². The molecule has 1 saturated heterocycles. The SMILES string of the molecule is C=CC1CCCCC(CO)O1. The van der Waals surface area contributed by atoms with Crippen LogP contribution < -0.4 is 0 Å². The largest absolute Gasteiger partial charge is 0.394 e. The molecule has 0 aromatic heterocycles. The van der Waals surface area contributed by atoms with Gasteiger partial charge in [-0.15, -0.1) is 6.58 Å². The van der Waals surface area contributed by atoms with Crippen molar-refractivity contribution in [1.29, 1.82) is 0 Å². The molecule has 0 amide bonds. The molecule has 1 heterocycles. The van der Waals surface area contributed by atoms with Crippen LogP contribution in [0.2, 0.25) is 0 Å². The van der Waals surface area contributed by atoms with Crippen molar-refractivity contribution in [2.75, 3.05) is 6.61 Å². The second-order valence-corrected chi connectivity index (χ2v) is 3.00. The molecule has 0 radical (unpaired) electrons. The van der Waals surface area contributed by atoms with Crippen molar-refractivity contribution in [3.63, 3.8) is 0 Å². The van der Waals surface area contributed by atoms with E-state index in [-0.39, 0.29) is 18.8 Å². The molecule has 1 fully saturated rings. The monoisotopic (exact) mass is 156 g/mol. The first kappa shape index (κ1) is 8.75. The maximum Gasteiger partial charge on any atom is 0.0813 e. The third kappa shape index (κ3) is 2.64. The van der Waals surface area contributed by atoms with Crippen LogP contribution in [0.1, 0.15) is 25.7 Å². The average molecular weight is 156 g/mol. The highest BCUT2D eigenvalue weighted by atomic mass is 16.5. The van der Waals surface area contributed by atoms with E-state index in [0.29, 0.717) is 0 Å². The fourth-order valence-electron chi connectivity index (χ4n) is 1.41. The summed E-state index contributed by atoms with van der Waals surface area (Å²) >= 11 is 0. The van der Waals surface area contributed by atoms with E-state index in [9.17, 15) is 0 Å². The van der Waals surface area contributed by atoms with E-state index in [0.717, 1.165) is 19.3 Å². The van der Waals surface area contributed by atoms with Gasteiger partial charge in [-0.3, -0.25) is 0 Å². The fraction of sp³-hybridized carbons (Fsp3) is 0.778. The second kappa shape index (κ2) is 4.52. The molecule has 1 aliphatic rings. The normalized spacial score (nSPS) is 32.8. The van der Waals surface area contributed by atoms with E-state index in [1.807, 2.05) is 6.08 Å². The lowest BCUT2D eigenvalue weighted by Crippen LogP contribution is -2.21. The Morgan fingerprint density at radius 3 is 2.82 bits per heavy atom. The van der Waals surface area contributed by atoms with Crippen LogP contribution in [0.5, 0.6) is 0 Å². The average Bonchev–Trinajstić information content (AvgIpc) is 2.28. The highest BCUT2D eigenvalue weighted by Gasteiger charge is 2.16. The summed E-state index contributed by atoms with van der Waals surface area (Å²) in [6.45, 7) is 3.83. The summed E-state index contributed by atoms with van der Waals surface area (Å²) in [7, 11) is 0. The van der Waals surface area contributed by atoms with Gasteiger partial charge in [-0.1, -0.05) is 18.9 Å². The maximum atomic E-state index is 8.87. The molecular weight excluding hydrogens is 140 g/mol. The van der Waals surface area contributed by atoms with E-state index >= 15 is 0 Å². The molecule has 2 nitrogen and oxygen atoms in total. The van der Waals surface area contributed by atoms with Crippen molar-refractivity contribution >= 4 is 0 Å². The van der Waals surface area contributed by atoms with Gasteiger partial charge >= 0.3 is 0 Å². The Bertz CT molecular complexity index is 123. The number of aliphatic hydroxyl groups is 1. The van der Waals surface area contributed by atoms with Gasteiger partial charge in [0.15, 0.2) is 0 Å². The number of rotatable bonds is 2. The zero-order chi connectivity index (χ0) is 8.10. The molecule has 1 aliphatic heterocycles. The molecule has 0 bridgehead atoms. The number of hydrogen-bond acceptors (Lipinski definition) is 2. The van der Waals surface area contributed by atoms with Crippen molar-refractivity contribution in [3.05, 3.63) is 12.7 Å². The lowest BCUT2D eigenvalue weighted by molar-refractivity contribution is -0.0146. The highest BCUT2D eigenvalue weighted by Crippen LogP contribution is 2.18. The van der Waals surface area contributed by atoms with E-state index in [1.165, 1.54) is 6.42 Å². The van der Waals surface area contributed by atoms with E-state index < -0.39 is 0 Å². The minimum atomic E-state index is 0.0421. The van der Waals surface area contributed by atoms with Crippen LogP contribution in [0, 0.1) is 0 Å². The third-order valence-corrected chi connectivity index (χ3v) is 2.10. The number of hydrogen-bond donors (Lipinski definition) is 1. The first-order chi connectivity index (χ1) is 5.36. The molecule has 2 unspecified atom stereocenters. The summed E-state index contributed by atoms with van der Waals surface area (Å²) in [6.07, 6.45) is 6.42. The predicted molar refractivity (Wildman–Crippen MR) is 44.4 cm³/mol. The topological polar surface area (TPSA) is 29.5 Å². The van der Waals surface area contributed by atoms with Gasteiger partial charge in [-0.2, -0.15) is 0 Å². The van der Waals surface area contributed by atoms with Crippen LogP contribution >= 0.6 is 0 Å². The summed E-state index contributed by atoms with van der Waals surface area (Å²) in [5, 5.41) is 8.87. The lowest BCUT2D eigenvalue weighted by Gasteiger charge is -2.16. The molecule has 0 aromatic carbocycles. The smallest absolute Gasteiger partial charge is 0.0813 e. The molecular formula is C9H16O2. The Kier molecular flexibility index (Phi) is 3.60. The zero-order valence-corrected chi connectivity index (χ0v) is 6.83. The number of ether oxygens (including phenoxy) is 1. The second-order valence-electron chi connectivity index (χ2n) is 3.00. The van der Waals surface area contributed by atoms with Crippen molar-refractivity contribution in [1.82, 2.24) is 0 Å². The Hall–Kier alpha value is -0.340. The summed E-state index contributed by atoms with van der Waals surface area (Å²) < 4.78 is 5.54. The third-order valence-electron chi connectivity index (χ3n) is 2.10. The van der Waals surface area contributed by atoms with Crippen molar-refractivity contribution in [3.8, 4) is 0 Å². The van der Waals surface area contributed by atoms with Gasteiger partial charge in [0.2, 0.25) is 0 Å². The van der Waals surface area contributed by atoms with Crippen molar-refractivity contribution in [2.24, 2.45) is 0 Å². The van der Waals surface area contributed by atoms with Crippen LogP contribution in [0.15, 0.2) is 12.7 Å². The van der Waals surface area contributed by atoms with Gasteiger partial charge < -0.3 is 9.84 Å². The highest BCUT2D eigenvalue weighted by molar-refractivity contribution is 4.82. The van der Waals surface area contributed by atoms with Crippen molar-refractivity contribution in [2.45, 2.75) is 37.9 Å². The summed E-state index contributed by atoms with van der Waals surface area (Å²) in [6, 6.07) is 0. The van der Waals surface area contributed by atoms with Crippen LogP contribution in [-0.4, -0.2) is 23.9 Å². The van der Waals surface area contributed by atoms with Crippen LogP contribution in [0.4, 0.5) is 0 Å². The zero-order valence-electron chi connectivity index (χ0n) is 6.83. The molecule has 1 N–H and O–H groups in total.